The third-order valence-corrected chi connectivity index (χ3v) is 5.77. The van der Waals surface area contributed by atoms with Gasteiger partial charge in [-0.3, -0.25) is 14.5 Å². The molecule has 7 heteroatoms. The highest BCUT2D eigenvalue weighted by molar-refractivity contribution is 9.10. The van der Waals surface area contributed by atoms with Gasteiger partial charge in [-0.2, -0.15) is 0 Å². The van der Waals surface area contributed by atoms with Gasteiger partial charge in [-0.05, 0) is 57.1 Å². The predicted octanol–water partition coefficient (Wildman–Crippen LogP) is 2.35. The zero-order chi connectivity index (χ0) is 18.5. The molecule has 1 atom stereocenters. The second kappa shape index (κ2) is 8.97. The fourth-order valence-corrected chi connectivity index (χ4v) is 3.79. The summed E-state index contributed by atoms with van der Waals surface area (Å²) >= 11 is 3.39. The van der Waals surface area contributed by atoms with Gasteiger partial charge in [-0.15, -0.1) is 0 Å². The molecular weight excluding hydrogens is 398 g/mol. The molecule has 0 bridgehead atoms. The monoisotopic (exact) mass is 423 g/mol. The first kappa shape index (κ1) is 19.3. The fourth-order valence-electron chi connectivity index (χ4n) is 3.52. The predicted molar refractivity (Wildman–Crippen MR) is 104 cm³/mol. The van der Waals surface area contributed by atoms with Crippen molar-refractivity contribution in [1.29, 1.82) is 0 Å². The molecule has 2 aliphatic heterocycles. The molecule has 0 spiro atoms. The zero-order valence-corrected chi connectivity index (χ0v) is 16.7. The van der Waals surface area contributed by atoms with Crippen LogP contribution in [0.1, 0.15) is 19.8 Å². The van der Waals surface area contributed by atoms with Crippen LogP contribution in [0.4, 0.5) is 5.69 Å². The summed E-state index contributed by atoms with van der Waals surface area (Å²) in [5.74, 6) is 0.316. The number of nitrogens with one attached hydrogen (secondary N) is 1. The number of nitrogens with zero attached hydrogens (tertiary/aromatic N) is 2. The lowest BCUT2D eigenvalue weighted by Crippen LogP contribution is -2.50. The van der Waals surface area contributed by atoms with Gasteiger partial charge in [-0.1, -0.05) is 15.9 Å². The number of piperidine rings is 1. The van der Waals surface area contributed by atoms with Crippen molar-refractivity contribution >= 4 is 33.4 Å². The molecule has 1 aromatic rings. The lowest BCUT2D eigenvalue weighted by atomic mass is 9.94. The van der Waals surface area contributed by atoms with Crippen molar-refractivity contribution in [3.8, 4) is 0 Å². The highest BCUT2D eigenvalue weighted by Crippen LogP contribution is 2.22. The highest BCUT2D eigenvalue weighted by Gasteiger charge is 2.32. The quantitative estimate of drug-likeness (QED) is 0.806. The van der Waals surface area contributed by atoms with Crippen LogP contribution in [0.5, 0.6) is 0 Å². The second-order valence-electron chi connectivity index (χ2n) is 6.92. The van der Waals surface area contributed by atoms with Crippen LogP contribution in [0, 0.1) is 5.92 Å². The Bertz CT molecular complexity index is 623. The minimum Gasteiger partial charge on any atom is -0.378 e. The van der Waals surface area contributed by atoms with E-state index in [1.54, 1.807) is 0 Å². The average Bonchev–Trinajstić information content (AvgIpc) is 2.69. The summed E-state index contributed by atoms with van der Waals surface area (Å²) in [7, 11) is 0. The Morgan fingerprint density at radius 1 is 1.12 bits per heavy atom. The number of morpholine rings is 1. The second-order valence-corrected chi connectivity index (χ2v) is 7.84. The van der Waals surface area contributed by atoms with Crippen molar-refractivity contribution in [2.45, 2.75) is 25.8 Å². The van der Waals surface area contributed by atoms with Gasteiger partial charge in [0.05, 0.1) is 19.3 Å². The molecule has 2 amide bonds. The SMILES string of the molecule is CC(C(=O)Nc1ccc(Br)cc1)N1CCC(C(=O)N2CCOCC2)CC1. The summed E-state index contributed by atoms with van der Waals surface area (Å²) < 4.78 is 6.30. The van der Waals surface area contributed by atoms with Gasteiger partial charge in [0.1, 0.15) is 0 Å². The van der Waals surface area contributed by atoms with Crippen molar-refractivity contribution in [3.63, 3.8) is 0 Å². The lowest BCUT2D eigenvalue weighted by Gasteiger charge is -2.37. The Labute approximate surface area is 163 Å². The van der Waals surface area contributed by atoms with E-state index in [1.165, 1.54) is 0 Å². The maximum absolute atomic E-state index is 12.6. The number of rotatable bonds is 4. The molecule has 2 saturated heterocycles. The highest BCUT2D eigenvalue weighted by atomic mass is 79.9. The van der Waals surface area contributed by atoms with E-state index in [2.05, 4.69) is 26.1 Å². The molecule has 0 radical (unpaired) electrons. The first-order valence-corrected chi connectivity index (χ1v) is 10.0. The summed E-state index contributed by atoms with van der Waals surface area (Å²) in [5.41, 5.74) is 0.794. The van der Waals surface area contributed by atoms with E-state index in [4.69, 9.17) is 4.74 Å². The summed E-state index contributed by atoms with van der Waals surface area (Å²) in [6.07, 6.45) is 1.62. The van der Waals surface area contributed by atoms with Crippen LogP contribution < -0.4 is 5.32 Å². The fraction of sp³-hybridized carbons (Fsp3) is 0.579. The van der Waals surface area contributed by atoms with Gasteiger partial charge in [-0.25, -0.2) is 0 Å². The van der Waals surface area contributed by atoms with Gasteiger partial charge in [0, 0.05) is 29.2 Å². The Morgan fingerprint density at radius 2 is 1.73 bits per heavy atom. The first-order valence-electron chi connectivity index (χ1n) is 9.21. The molecule has 26 heavy (non-hydrogen) atoms. The van der Waals surface area contributed by atoms with Crippen molar-refractivity contribution < 1.29 is 14.3 Å². The lowest BCUT2D eigenvalue weighted by molar-refractivity contribution is -0.141. The average molecular weight is 424 g/mol. The van der Waals surface area contributed by atoms with E-state index in [0.29, 0.717) is 26.3 Å². The van der Waals surface area contributed by atoms with Gasteiger partial charge >= 0.3 is 0 Å². The molecule has 0 aromatic heterocycles. The Balaban J connectivity index is 1.48. The maximum atomic E-state index is 12.6. The van der Waals surface area contributed by atoms with Crippen LogP contribution in [0.15, 0.2) is 28.7 Å². The van der Waals surface area contributed by atoms with Crippen LogP contribution in [-0.4, -0.2) is 67.0 Å². The van der Waals surface area contributed by atoms with Crippen LogP contribution in [-0.2, 0) is 14.3 Å². The third-order valence-electron chi connectivity index (χ3n) is 5.24. The largest absolute Gasteiger partial charge is 0.378 e. The van der Waals surface area contributed by atoms with Crippen LogP contribution >= 0.6 is 15.9 Å². The molecule has 2 heterocycles. The number of hydrogen-bond donors (Lipinski definition) is 1. The van der Waals surface area contributed by atoms with E-state index in [1.807, 2.05) is 36.1 Å². The van der Waals surface area contributed by atoms with Crippen molar-refractivity contribution in [3.05, 3.63) is 28.7 Å². The number of ether oxygens (including phenoxy) is 1. The van der Waals surface area contributed by atoms with Crippen LogP contribution in [0.3, 0.4) is 0 Å². The van der Waals surface area contributed by atoms with Crippen LogP contribution in [0.2, 0.25) is 0 Å². The molecule has 1 aromatic carbocycles. The van der Waals surface area contributed by atoms with Gasteiger partial charge < -0.3 is 15.0 Å². The molecular formula is C19H26BrN3O3. The number of hydrogen-bond acceptors (Lipinski definition) is 4. The van der Waals surface area contributed by atoms with Crippen molar-refractivity contribution in [2.24, 2.45) is 5.92 Å². The van der Waals surface area contributed by atoms with Gasteiger partial charge in [0.2, 0.25) is 11.8 Å². The Hall–Kier alpha value is -1.44. The molecule has 2 aliphatic rings. The molecule has 6 nitrogen and oxygen atoms in total. The van der Waals surface area contributed by atoms with E-state index in [0.717, 1.165) is 36.1 Å². The summed E-state index contributed by atoms with van der Waals surface area (Å²) in [5, 5.41) is 2.96. The van der Waals surface area contributed by atoms with Gasteiger partial charge in [0.15, 0.2) is 0 Å². The van der Waals surface area contributed by atoms with Crippen LogP contribution in [0.25, 0.3) is 0 Å². The smallest absolute Gasteiger partial charge is 0.241 e. The minimum absolute atomic E-state index is 0.00900. The van der Waals surface area contributed by atoms with E-state index >= 15 is 0 Å². The number of halogens is 1. The summed E-state index contributed by atoms with van der Waals surface area (Å²) in [6, 6.07) is 7.36. The molecule has 0 saturated carbocycles. The van der Waals surface area contributed by atoms with E-state index in [-0.39, 0.29) is 23.8 Å². The molecule has 1 unspecified atom stereocenters. The molecule has 1 N–H and O–H groups in total. The van der Waals surface area contributed by atoms with Gasteiger partial charge in [0.25, 0.3) is 0 Å². The summed E-state index contributed by atoms with van der Waals surface area (Å²) in [6.45, 7) is 6.15. The molecule has 3 rings (SSSR count). The van der Waals surface area contributed by atoms with Crippen molar-refractivity contribution in [1.82, 2.24) is 9.80 Å². The number of likely N-dealkylation sites (tertiary alicyclic amines) is 1. The third kappa shape index (κ3) is 4.84. The first-order chi connectivity index (χ1) is 12.5. The normalized spacial score (nSPS) is 20.6. The molecule has 0 aliphatic carbocycles. The molecule has 142 valence electrons. The standard InChI is InChI=1S/C19H26BrN3O3/c1-14(18(24)21-17-4-2-16(20)3-5-17)22-8-6-15(7-9-22)19(25)23-10-12-26-13-11-23/h2-5,14-15H,6-13H2,1H3,(H,21,24). The Morgan fingerprint density at radius 3 is 2.35 bits per heavy atom. The number of carbonyl (C=O) groups excluding carboxylic acids is 2. The number of carbonyl (C=O) groups is 2. The topological polar surface area (TPSA) is 61.9 Å². The minimum atomic E-state index is -0.210. The maximum Gasteiger partial charge on any atom is 0.241 e. The molecule has 2 fully saturated rings. The Kier molecular flexibility index (Phi) is 6.67. The van der Waals surface area contributed by atoms with Crippen molar-refractivity contribution in [2.75, 3.05) is 44.7 Å². The number of amides is 2. The van der Waals surface area contributed by atoms with E-state index < -0.39 is 0 Å². The van der Waals surface area contributed by atoms with E-state index in [9.17, 15) is 9.59 Å². The number of benzene rings is 1. The summed E-state index contributed by atoms with van der Waals surface area (Å²) in [4.78, 5) is 29.2. The zero-order valence-electron chi connectivity index (χ0n) is 15.1. The number of anilines is 1.